The highest BCUT2D eigenvalue weighted by Crippen LogP contribution is 2.61. The fourth-order valence-electron chi connectivity index (χ4n) is 7.15. The summed E-state index contributed by atoms with van der Waals surface area (Å²) in [6.45, 7) is 2.31. The number of methoxy groups -OCH3 is 3. The van der Waals surface area contributed by atoms with Crippen LogP contribution in [-0.2, 0) is 6.42 Å². The minimum atomic E-state index is -0.160. The maximum Gasteiger partial charge on any atom is 0.185 e. The molecule has 35 heavy (non-hydrogen) atoms. The predicted octanol–water partition coefficient (Wildman–Crippen LogP) is 5.83. The lowest BCUT2D eigenvalue weighted by Gasteiger charge is -2.50. The molecule has 3 aliphatic rings. The number of ether oxygens (including phenoxy) is 3. The molecule has 2 fully saturated rings. The lowest BCUT2D eigenvalue weighted by molar-refractivity contribution is -0.0226. The Morgan fingerprint density at radius 1 is 0.971 bits per heavy atom. The zero-order valence-electron chi connectivity index (χ0n) is 21.2. The molecule has 5 atom stereocenters. The van der Waals surface area contributed by atoms with Crippen molar-refractivity contribution in [2.75, 3.05) is 21.3 Å². The van der Waals surface area contributed by atoms with E-state index in [0.717, 1.165) is 43.4 Å². The molecule has 5 heteroatoms. The molecule has 0 amide bonds. The van der Waals surface area contributed by atoms with E-state index in [2.05, 4.69) is 19.1 Å². The molecule has 186 valence electrons. The van der Waals surface area contributed by atoms with Crippen molar-refractivity contribution in [3.63, 3.8) is 0 Å². The molecule has 2 aromatic carbocycles. The van der Waals surface area contributed by atoms with Crippen molar-refractivity contribution in [2.24, 2.45) is 17.3 Å². The maximum atomic E-state index is 12.9. The van der Waals surface area contributed by atoms with Gasteiger partial charge in [0.25, 0.3) is 0 Å². The van der Waals surface area contributed by atoms with Gasteiger partial charge >= 0.3 is 0 Å². The summed E-state index contributed by atoms with van der Waals surface area (Å²) in [5.74, 6) is 3.56. The number of hydrogen-bond donors (Lipinski definition) is 1. The van der Waals surface area contributed by atoms with Gasteiger partial charge in [0.05, 0.1) is 27.4 Å². The number of fused-ring (bicyclic) bond motifs is 5. The highest BCUT2D eigenvalue weighted by atomic mass is 16.5. The van der Waals surface area contributed by atoms with Crippen LogP contribution in [0.1, 0.15) is 72.0 Å². The number of hydrogen-bond acceptors (Lipinski definition) is 5. The third-order valence-corrected chi connectivity index (χ3v) is 9.11. The van der Waals surface area contributed by atoms with E-state index in [9.17, 15) is 9.90 Å². The lowest BCUT2D eigenvalue weighted by atomic mass is 9.55. The normalized spacial score (nSPS) is 29.3. The first-order valence-electron chi connectivity index (χ1n) is 12.7. The Morgan fingerprint density at radius 3 is 2.49 bits per heavy atom. The van der Waals surface area contributed by atoms with E-state index in [1.807, 2.05) is 6.08 Å². The van der Waals surface area contributed by atoms with Crippen molar-refractivity contribution in [1.82, 2.24) is 0 Å². The first-order valence-corrected chi connectivity index (χ1v) is 12.7. The number of aliphatic hydroxyl groups is 1. The zero-order valence-corrected chi connectivity index (χ0v) is 21.2. The fraction of sp³-hybridized carbons (Fsp3) is 0.500. The molecule has 0 bridgehead atoms. The number of carbonyl (C=O) groups excluding carboxylic acids is 1. The van der Waals surface area contributed by atoms with Gasteiger partial charge in [-0.1, -0.05) is 6.92 Å². The van der Waals surface area contributed by atoms with E-state index in [1.165, 1.54) is 17.5 Å². The van der Waals surface area contributed by atoms with Gasteiger partial charge in [0.15, 0.2) is 17.3 Å². The summed E-state index contributed by atoms with van der Waals surface area (Å²) in [6.07, 6.45) is 9.81. The Kier molecular flexibility index (Phi) is 6.39. The Labute approximate surface area is 208 Å². The molecule has 0 aromatic heterocycles. The van der Waals surface area contributed by atoms with Crippen LogP contribution in [0.25, 0.3) is 6.08 Å². The molecule has 2 aromatic rings. The van der Waals surface area contributed by atoms with E-state index in [0.29, 0.717) is 34.8 Å². The number of ketones is 1. The number of carbonyl (C=O) groups is 1. The van der Waals surface area contributed by atoms with Crippen LogP contribution in [0.15, 0.2) is 36.4 Å². The van der Waals surface area contributed by atoms with E-state index >= 15 is 0 Å². The number of allylic oxidation sites excluding steroid dienone is 1. The van der Waals surface area contributed by atoms with E-state index in [4.69, 9.17) is 14.2 Å². The van der Waals surface area contributed by atoms with E-state index in [1.54, 1.807) is 45.6 Å². The maximum absolute atomic E-state index is 12.9. The lowest BCUT2D eigenvalue weighted by Crippen LogP contribution is -2.43. The Balaban J connectivity index is 1.43. The second-order valence-corrected chi connectivity index (χ2v) is 10.6. The first-order chi connectivity index (χ1) is 16.9. The van der Waals surface area contributed by atoms with Crippen molar-refractivity contribution in [3.8, 4) is 17.2 Å². The standard InChI is InChI=1S/C30H36O5/c1-30-14-13-21-22(24(30)9-12-29(30)32)8-5-18-16-27(34-3)20(15-23(18)21)6-10-25(31)19-7-11-26(33-2)28(17-19)35-4/h6-7,10-11,15-17,21-22,24,29,32H,5,8-9,12-14H2,1-4H3/b10-6+/t21?,22?,24?,29-,30-/m0/s1. The Bertz CT molecular complexity index is 1150. The number of aryl methyl sites for hydroxylation is 1. The van der Waals surface area contributed by atoms with Crippen LogP contribution in [0.4, 0.5) is 0 Å². The van der Waals surface area contributed by atoms with Gasteiger partial charge in [-0.05, 0) is 115 Å². The molecular formula is C30H36O5. The van der Waals surface area contributed by atoms with Gasteiger partial charge < -0.3 is 19.3 Å². The van der Waals surface area contributed by atoms with Crippen LogP contribution in [0.2, 0.25) is 0 Å². The number of benzene rings is 2. The largest absolute Gasteiger partial charge is 0.496 e. The van der Waals surface area contributed by atoms with Gasteiger partial charge in [0.1, 0.15) is 5.75 Å². The Hall–Kier alpha value is -2.79. The summed E-state index contributed by atoms with van der Waals surface area (Å²) in [6, 6.07) is 9.62. The van der Waals surface area contributed by atoms with Crippen molar-refractivity contribution >= 4 is 11.9 Å². The SMILES string of the molecule is COc1cc2c(cc1/C=C/C(=O)c1ccc(OC)c(OC)c1)C1CC[C@@]3(C)C(CC[C@@H]3O)C1CC2. The molecule has 0 spiro atoms. The van der Waals surface area contributed by atoms with Crippen LogP contribution in [0.5, 0.6) is 17.2 Å². The molecule has 5 nitrogen and oxygen atoms in total. The number of rotatable bonds is 6. The van der Waals surface area contributed by atoms with Gasteiger partial charge in [0.2, 0.25) is 0 Å². The van der Waals surface area contributed by atoms with Gasteiger partial charge in [-0.25, -0.2) is 0 Å². The summed E-state index contributed by atoms with van der Waals surface area (Å²) in [5.41, 5.74) is 4.32. The highest BCUT2D eigenvalue weighted by molar-refractivity contribution is 6.07. The molecule has 0 heterocycles. The topological polar surface area (TPSA) is 65.0 Å². The van der Waals surface area contributed by atoms with E-state index in [-0.39, 0.29) is 17.3 Å². The minimum Gasteiger partial charge on any atom is -0.496 e. The smallest absolute Gasteiger partial charge is 0.185 e. The molecular weight excluding hydrogens is 440 g/mol. The van der Waals surface area contributed by atoms with Crippen LogP contribution in [0.3, 0.4) is 0 Å². The summed E-state index contributed by atoms with van der Waals surface area (Å²) in [7, 11) is 4.83. The molecule has 0 saturated heterocycles. The molecule has 2 saturated carbocycles. The average molecular weight is 477 g/mol. The van der Waals surface area contributed by atoms with Crippen molar-refractivity contribution in [3.05, 3.63) is 58.7 Å². The van der Waals surface area contributed by atoms with Gasteiger partial charge in [0, 0.05) is 11.1 Å². The quantitative estimate of drug-likeness (QED) is 0.420. The zero-order chi connectivity index (χ0) is 24.7. The predicted molar refractivity (Wildman–Crippen MR) is 137 cm³/mol. The molecule has 5 rings (SSSR count). The third-order valence-electron chi connectivity index (χ3n) is 9.11. The summed E-state index contributed by atoms with van der Waals surface area (Å²) in [4.78, 5) is 12.9. The number of aliphatic hydroxyl groups excluding tert-OH is 1. The van der Waals surface area contributed by atoms with Gasteiger partial charge in [-0.3, -0.25) is 4.79 Å². The van der Waals surface area contributed by atoms with Crippen molar-refractivity contribution in [2.45, 2.75) is 57.5 Å². The summed E-state index contributed by atoms with van der Waals surface area (Å²) < 4.78 is 16.3. The van der Waals surface area contributed by atoms with Gasteiger partial charge in [-0.2, -0.15) is 0 Å². The molecule has 0 radical (unpaired) electrons. The Morgan fingerprint density at radius 2 is 1.74 bits per heavy atom. The minimum absolute atomic E-state index is 0.0692. The monoisotopic (exact) mass is 476 g/mol. The molecule has 1 N–H and O–H groups in total. The van der Waals surface area contributed by atoms with Crippen LogP contribution < -0.4 is 14.2 Å². The van der Waals surface area contributed by atoms with Gasteiger partial charge in [-0.15, -0.1) is 0 Å². The molecule has 0 aliphatic heterocycles. The highest BCUT2D eigenvalue weighted by Gasteiger charge is 2.54. The molecule has 3 unspecified atom stereocenters. The van der Waals surface area contributed by atoms with Crippen LogP contribution >= 0.6 is 0 Å². The second kappa shape index (κ2) is 9.34. The van der Waals surface area contributed by atoms with E-state index < -0.39 is 0 Å². The molecule has 3 aliphatic carbocycles. The second-order valence-electron chi connectivity index (χ2n) is 10.6. The van der Waals surface area contributed by atoms with Crippen LogP contribution in [0, 0.1) is 17.3 Å². The average Bonchev–Trinajstić information content (AvgIpc) is 3.20. The van der Waals surface area contributed by atoms with Crippen LogP contribution in [-0.4, -0.2) is 38.3 Å². The summed E-state index contributed by atoms with van der Waals surface area (Å²) >= 11 is 0. The van der Waals surface area contributed by atoms with Crippen molar-refractivity contribution < 1.29 is 24.1 Å². The first kappa shape index (κ1) is 23.9. The summed E-state index contributed by atoms with van der Waals surface area (Å²) in [5, 5.41) is 10.7. The van der Waals surface area contributed by atoms with Crippen molar-refractivity contribution in [1.29, 1.82) is 0 Å². The fourth-order valence-corrected chi connectivity index (χ4v) is 7.15. The third kappa shape index (κ3) is 4.04.